The Labute approximate surface area is 171 Å². The summed E-state index contributed by atoms with van der Waals surface area (Å²) in [6, 6.07) is 33.1. The van der Waals surface area contributed by atoms with E-state index in [1.807, 2.05) is 0 Å². The largest absolute Gasteiger partial charge is 0.354 e. The van der Waals surface area contributed by atoms with E-state index in [9.17, 15) is 0 Å². The Morgan fingerprint density at radius 1 is 0.533 bits per heavy atom. The van der Waals surface area contributed by atoms with Gasteiger partial charge in [0.05, 0.1) is 22.1 Å². The van der Waals surface area contributed by atoms with Crippen LogP contribution in [0.3, 0.4) is 0 Å². The molecule has 2 heteroatoms. The van der Waals surface area contributed by atoms with Gasteiger partial charge in [-0.25, -0.2) is 0 Å². The lowest BCUT2D eigenvalue weighted by atomic mass is 10.0. The molecule has 0 atom stereocenters. The van der Waals surface area contributed by atoms with Crippen molar-refractivity contribution in [3.63, 3.8) is 0 Å². The van der Waals surface area contributed by atoms with Crippen molar-refractivity contribution in [3.05, 3.63) is 91.0 Å². The molecule has 0 saturated heterocycles. The number of H-pyrrole nitrogens is 1. The van der Waals surface area contributed by atoms with Crippen LogP contribution in [0.2, 0.25) is 0 Å². The number of benzene rings is 5. The van der Waals surface area contributed by atoms with Gasteiger partial charge in [-0.05, 0) is 35.0 Å². The van der Waals surface area contributed by atoms with Gasteiger partial charge >= 0.3 is 0 Å². The zero-order chi connectivity index (χ0) is 19.4. The molecule has 0 aliphatic carbocycles. The molecule has 3 aromatic heterocycles. The number of hydrogen-bond acceptors (Lipinski definition) is 0. The van der Waals surface area contributed by atoms with Gasteiger partial charge in [0, 0.05) is 37.8 Å². The lowest BCUT2D eigenvalue weighted by Crippen LogP contribution is -1.78. The maximum absolute atomic E-state index is 3.79. The minimum Gasteiger partial charge on any atom is -0.354 e. The van der Waals surface area contributed by atoms with Crippen molar-refractivity contribution in [1.29, 1.82) is 0 Å². The van der Waals surface area contributed by atoms with Gasteiger partial charge in [0.2, 0.25) is 0 Å². The molecule has 0 aliphatic rings. The smallest absolute Gasteiger partial charge is 0.0641 e. The molecule has 0 amide bonds. The van der Waals surface area contributed by atoms with Gasteiger partial charge in [-0.15, -0.1) is 0 Å². The first-order valence-electron chi connectivity index (χ1n) is 10.4. The number of aromatic amines is 1. The van der Waals surface area contributed by atoms with Crippen molar-refractivity contribution < 1.29 is 0 Å². The van der Waals surface area contributed by atoms with Crippen LogP contribution in [-0.2, 0) is 0 Å². The summed E-state index contributed by atoms with van der Waals surface area (Å²) in [6.07, 6.45) is 0. The summed E-state index contributed by atoms with van der Waals surface area (Å²) < 4.78 is 2.44. The fourth-order valence-electron chi connectivity index (χ4n) is 5.65. The molecule has 0 saturated carbocycles. The Kier molecular flexibility index (Phi) is 2.44. The lowest BCUT2D eigenvalue weighted by molar-refractivity contribution is 1.37. The molecule has 3 heterocycles. The number of rotatable bonds is 0. The van der Waals surface area contributed by atoms with Crippen LogP contribution in [0.5, 0.6) is 0 Å². The Balaban J connectivity index is 1.79. The van der Waals surface area contributed by atoms with Crippen molar-refractivity contribution in [2.75, 3.05) is 0 Å². The molecule has 0 bridgehead atoms. The summed E-state index contributed by atoms with van der Waals surface area (Å²) in [5, 5.41) is 10.5. The second kappa shape index (κ2) is 4.92. The van der Waals surface area contributed by atoms with Gasteiger partial charge in [0.25, 0.3) is 0 Å². The zero-order valence-corrected chi connectivity index (χ0v) is 16.1. The molecule has 2 nitrogen and oxygen atoms in total. The summed E-state index contributed by atoms with van der Waals surface area (Å²) in [7, 11) is 0. The molecule has 5 aromatic carbocycles. The van der Waals surface area contributed by atoms with E-state index >= 15 is 0 Å². The van der Waals surface area contributed by atoms with Gasteiger partial charge in [-0.1, -0.05) is 66.7 Å². The molecule has 8 aromatic rings. The highest BCUT2D eigenvalue weighted by molar-refractivity contribution is 6.35. The van der Waals surface area contributed by atoms with Crippen LogP contribution in [0.1, 0.15) is 0 Å². The van der Waals surface area contributed by atoms with Gasteiger partial charge in [-0.2, -0.15) is 0 Å². The molecule has 138 valence electrons. The summed E-state index contributed by atoms with van der Waals surface area (Å²) >= 11 is 0. The Morgan fingerprint density at radius 3 is 2.10 bits per heavy atom. The van der Waals surface area contributed by atoms with Crippen molar-refractivity contribution >= 4 is 70.7 Å². The normalized spacial score (nSPS) is 12.7. The summed E-state index contributed by atoms with van der Waals surface area (Å²) in [4.78, 5) is 3.79. The minimum absolute atomic E-state index is 1.20. The molecule has 30 heavy (non-hydrogen) atoms. The third kappa shape index (κ3) is 1.56. The number of aromatic nitrogens is 2. The minimum atomic E-state index is 1.20. The van der Waals surface area contributed by atoms with Gasteiger partial charge in [-0.3, -0.25) is 0 Å². The molecular weight excluding hydrogens is 364 g/mol. The highest BCUT2D eigenvalue weighted by atomic mass is 14.9. The Morgan fingerprint density at radius 2 is 1.23 bits per heavy atom. The van der Waals surface area contributed by atoms with E-state index in [4.69, 9.17) is 0 Å². The van der Waals surface area contributed by atoms with E-state index in [2.05, 4.69) is 100 Å². The third-order valence-corrected chi connectivity index (χ3v) is 6.83. The molecule has 0 fully saturated rings. The monoisotopic (exact) mass is 380 g/mol. The molecule has 0 aliphatic heterocycles. The molecule has 0 unspecified atom stereocenters. The molecule has 0 radical (unpaired) electrons. The van der Waals surface area contributed by atoms with E-state index in [0.29, 0.717) is 0 Å². The quantitative estimate of drug-likeness (QED) is 0.279. The Bertz CT molecular complexity index is 1950. The second-order valence-electron chi connectivity index (χ2n) is 8.27. The number of para-hydroxylation sites is 2. The number of nitrogens with one attached hydrogen (secondary N) is 1. The summed E-state index contributed by atoms with van der Waals surface area (Å²) in [6.45, 7) is 0. The number of nitrogens with zero attached hydrogens (tertiary/aromatic N) is 1. The standard InChI is InChI=1S/C28H16N2/c1-2-8-17-16(7-1)13-14-22-25(17)21-15-20-18-9-3-5-11-23(18)30-24-12-6-4-10-19(24)26(28(20)30)27(21)29-22/h1-15,29H. The summed E-state index contributed by atoms with van der Waals surface area (Å²) in [5.74, 6) is 0. The maximum atomic E-state index is 3.79. The SMILES string of the molecule is c1ccc2c(c1)ccc1[nH]c3c(cc4c5ccccc5n5c6ccccc6c3c45)c12. The molecule has 8 rings (SSSR count). The molecular formula is C28H16N2. The van der Waals surface area contributed by atoms with Crippen LogP contribution in [0.4, 0.5) is 0 Å². The fourth-order valence-corrected chi connectivity index (χ4v) is 5.65. The topological polar surface area (TPSA) is 20.2 Å². The maximum Gasteiger partial charge on any atom is 0.0641 e. The first-order valence-corrected chi connectivity index (χ1v) is 10.4. The highest BCUT2D eigenvalue weighted by Crippen LogP contribution is 2.45. The highest BCUT2D eigenvalue weighted by Gasteiger charge is 2.21. The van der Waals surface area contributed by atoms with Gasteiger partial charge < -0.3 is 9.38 Å². The predicted octanol–water partition coefficient (Wildman–Crippen LogP) is 7.62. The van der Waals surface area contributed by atoms with Crippen molar-refractivity contribution in [2.24, 2.45) is 0 Å². The van der Waals surface area contributed by atoms with E-state index in [1.54, 1.807) is 0 Å². The van der Waals surface area contributed by atoms with Crippen molar-refractivity contribution in [2.45, 2.75) is 0 Å². The number of hydrogen-bond donors (Lipinski definition) is 1. The first kappa shape index (κ1) is 14.9. The predicted molar refractivity (Wildman–Crippen MR) is 128 cm³/mol. The van der Waals surface area contributed by atoms with Crippen molar-refractivity contribution in [1.82, 2.24) is 9.38 Å². The molecule has 0 spiro atoms. The molecule has 1 N–H and O–H groups in total. The van der Waals surface area contributed by atoms with E-state index in [1.165, 1.54) is 70.7 Å². The van der Waals surface area contributed by atoms with Crippen molar-refractivity contribution in [3.8, 4) is 0 Å². The van der Waals surface area contributed by atoms with E-state index < -0.39 is 0 Å². The van der Waals surface area contributed by atoms with Crippen LogP contribution in [0.15, 0.2) is 91.0 Å². The lowest BCUT2D eigenvalue weighted by Gasteiger charge is -2.01. The van der Waals surface area contributed by atoms with E-state index in [-0.39, 0.29) is 0 Å². The third-order valence-electron chi connectivity index (χ3n) is 6.83. The van der Waals surface area contributed by atoms with Gasteiger partial charge in [0.15, 0.2) is 0 Å². The zero-order valence-electron chi connectivity index (χ0n) is 16.1. The van der Waals surface area contributed by atoms with Crippen LogP contribution < -0.4 is 0 Å². The average molecular weight is 380 g/mol. The number of fused-ring (bicyclic) bond motifs is 12. The van der Waals surface area contributed by atoms with Crippen LogP contribution in [-0.4, -0.2) is 9.38 Å². The van der Waals surface area contributed by atoms with Crippen LogP contribution in [0, 0.1) is 0 Å². The van der Waals surface area contributed by atoms with Crippen LogP contribution in [0.25, 0.3) is 70.7 Å². The summed E-state index contributed by atoms with van der Waals surface area (Å²) in [5.41, 5.74) is 6.31. The van der Waals surface area contributed by atoms with E-state index in [0.717, 1.165) is 0 Å². The Hall–Kier alpha value is -4.04. The van der Waals surface area contributed by atoms with Gasteiger partial charge in [0.1, 0.15) is 0 Å². The first-order chi connectivity index (χ1) is 14.9. The average Bonchev–Trinajstić information content (AvgIpc) is 3.44. The van der Waals surface area contributed by atoms with Crippen LogP contribution >= 0.6 is 0 Å². The fraction of sp³-hybridized carbons (Fsp3) is 0. The second-order valence-corrected chi connectivity index (χ2v) is 8.27.